The van der Waals surface area contributed by atoms with Crippen molar-refractivity contribution >= 4 is 8.07 Å². The Morgan fingerprint density at radius 3 is 2.24 bits per heavy atom. The molecule has 0 heterocycles. The van der Waals surface area contributed by atoms with Gasteiger partial charge in [-0.1, -0.05) is 37.8 Å². The Hall–Kier alpha value is -0.673. The summed E-state index contributed by atoms with van der Waals surface area (Å²) in [5.74, 6) is 0.515. The van der Waals surface area contributed by atoms with Crippen LogP contribution in [-0.4, -0.2) is 21.7 Å². The predicted octanol–water partition coefficient (Wildman–Crippen LogP) is 3.54. The minimum Gasteiger partial charge on any atom is -0.319 e. The van der Waals surface area contributed by atoms with Gasteiger partial charge in [-0.2, -0.15) is 0 Å². The van der Waals surface area contributed by atoms with Crippen molar-refractivity contribution in [1.82, 2.24) is 5.32 Å². The number of rotatable bonds is 6. The van der Waals surface area contributed by atoms with E-state index in [1.165, 1.54) is 11.6 Å². The van der Waals surface area contributed by atoms with E-state index in [0.29, 0.717) is 5.92 Å². The third-order valence-electron chi connectivity index (χ3n) is 2.83. The summed E-state index contributed by atoms with van der Waals surface area (Å²) in [4.78, 5) is 0. The van der Waals surface area contributed by atoms with Crippen LogP contribution < -0.4 is 5.32 Å². The van der Waals surface area contributed by atoms with Gasteiger partial charge < -0.3 is 5.32 Å². The molecular weight excluding hydrogens is 229 g/mol. The predicted molar refractivity (Wildman–Crippen MR) is 75.7 cm³/mol. The minimum absolute atomic E-state index is 0.149. The van der Waals surface area contributed by atoms with Crippen molar-refractivity contribution in [3.63, 3.8) is 0 Å². The lowest BCUT2D eigenvalue weighted by Crippen LogP contribution is -2.30. The van der Waals surface area contributed by atoms with Gasteiger partial charge in [0.05, 0.1) is 0 Å². The van der Waals surface area contributed by atoms with E-state index < -0.39 is 8.07 Å². The molecule has 0 fully saturated rings. The summed E-state index contributed by atoms with van der Waals surface area (Å²) < 4.78 is 12.8. The Kier molecular flexibility index (Phi) is 5.34. The van der Waals surface area contributed by atoms with Crippen molar-refractivity contribution in [3.05, 3.63) is 35.6 Å². The average Bonchev–Trinajstić information content (AvgIpc) is 2.19. The molecule has 96 valence electrons. The highest BCUT2D eigenvalue weighted by molar-refractivity contribution is 6.76. The Bertz CT molecular complexity index is 329. The molecule has 0 aliphatic heterocycles. The van der Waals surface area contributed by atoms with E-state index in [-0.39, 0.29) is 5.82 Å². The van der Waals surface area contributed by atoms with Crippen LogP contribution in [-0.2, 0) is 6.42 Å². The Morgan fingerprint density at radius 2 is 1.76 bits per heavy atom. The zero-order valence-electron chi connectivity index (χ0n) is 11.4. The van der Waals surface area contributed by atoms with Crippen molar-refractivity contribution in [2.75, 3.05) is 13.6 Å². The summed E-state index contributed by atoms with van der Waals surface area (Å²) >= 11 is 0. The highest BCUT2D eigenvalue weighted by atomic mass is 28.3. The molecule has 0 amide bonds. The first-order chi connectivity index (χ1) is 7.90. The molecule has 17 heavy (non-hydrogen) atoms. The number of halogens is 1. The number of benzene rings is 1. The van der Waals surface area contributed by atoms with Gasteiger partial charge in [0.2, 0.25) is 0 Å². The Morgan fingerprint density at radius 1 is 1.18 bits per heavy atom. The van der Waals surface area contributed by atoms with Crippen LogP contribution in [0.5, 0.6) is 0 Å². The summed E-state index contributed by atoms with van der Waals surface area (Å²) in [6.07, 6.45) is 1.05. The van der Waals surface area contributed by atoms with Crippen LogP contribution in [0.1, 0.15) is 5.56 Å². The molecule has 0 radical (unpaired) electrons. The summed E-state index contributed by atoms with van der Waals surface area (Å²) in [6.45, 7) is 8.25. The molecule has 1 unspecified atom stereocenters. The van der Waals surface area contributed by atoms with Gasteiger partial charge in [0.1, 0.15) is 5.82 Å². The van der Waals surface area contributed by atoms with Crippen molar-refractivity contribution < 1.29 is 4.39 Å². The molecule has 3 heteroatoms. The van der Waals surface area contributed by atoms with Gasteiger partial charge in [0, 0.05) is 8.07 Å². The van der Waals surface area contributed by atoms with E-state index in [2.05, 4.69) is 25.0 Å². The van der Waals surface area contributed by atoms with Crippen LogP contribution in [0.3, 0.4) is 0 Å². The molecule has 1 atom stereocenters. The highest BCUT2D eigenvalue weighted by Crippen LogP contribution is 2.20. The number of hydrogen-bond acceptors (Lipinski definition) is 1. The zero-order valence-corrected chi connectivity index (χ0v) is 12.4. The fraction of sp³-hybridized carbons (Fsp3) is 0.571. The topological polar surface area (TPSA) is 12.0 Å². The largest absolute Gasteiger partial charge is 0.319 e. The van der Waals surface area contributed by atoms with Crippen LogP contribution in [0.2, 0.25) is 25.7 Å². The summed E-state index contributed by atoms with van der Waals surface area (Å²) in [7, 11) is 0.965. The zero-order chi connectivity index (χ0) is 12.9. The first-order valence-electron chi connectivity index (χ1n) is 6.30. The fourth-order valence-corrected chi connectivity index (χ4v) is 4.35. The van der Waals surface area contributed by atoms with Crippen LogP contribution in [0, 0.1) is 11.7 Å². The maximum Gasteiger partial charge on any atom is 0.123 e. The van der Waals surface area contributed by atoms with Crippen molar-refractivity contribution in [1.29, 1.82) is 0 Å². The number of nitrogens with one attached hydrogen (secondary N) is 1. The van der Waals surface area contributed by atoms with Gasteiger partial charge in [0.15, 0.2) is 0 Å². The SMILES string of the molecule is CNCC(Cc1ccc(F)cc1)C[Si](C)(C)C. The highest BCUT2D eigenvalue weighted by Gasteiger charge is 2.20. The lowest BCUT2D eigenvalue weighted by molar-refractivity contribution is 0.534. The quantitative estimate of drug-likeness (QED) is 0.765. The van der Waals surface area contributed by atoms with E-state index in [1.807, 2.05) is 19.2 Å². The third-order valence-corrected chi connectivity index (χ3v) is 4.63. The molecule has 0 bridgehead atoms. The molecule has 0 spiro atoms. The lowest BCUT2D eigenvalue weighted by Gasteiger charge is -2.24. The molecular formula is C14H24FNSi. The maximum absolute atomic E-state index is 12.8. The second-order valence-electron chi connectivity index (χ2n) is 6.02. The van der Waals surface area contributed by atoms with E-state index in [0.717, 1.165) is 13.0 Å². The number of hydrogen-bond donors (Lipinski definition) is 1. The summed E-state index contributed by atoms with van der Waals surface area (Å²) in [5.41, 5.74) is 1.24. The molecule has 0 aliphatic rings. The fourth-order valence-electron chi connectivity index (χ4n) is 2.33. The van der Waals surface area contributed by atoms with Crippen molar-refractivity contribution in [3.8, 4) is 0 Å². The monoisotopic (exact) mass is 253 g/mol. The van der Waals surface area contributed by atoms with E-state index >= 15 is 0 Å². The molecule has 1 aromatic carbocycles. The third kappa shape index (κ3) is 5.98. The van der Waals surface area contributed by atoms with Crippen molar-refractivity contribution in [2.45, 2.75) is 32.1 Å². The van der Waals surface area contributed by atoms with Gasteiger partial charge >= 0.3 is 0 Å². The second kappa shape index (κ2) is 6.31. The lowest BCUT2D eigenvalue weighted by atomic mass is 10.0. The molecule has 1 N–H and O–H groups in total. The summed E-state index contributed by atoms with van der Waals surface area (Å²) in [5, 5.41) is 3.27. The molecule has 0 aliphatic carbocycles. The van der Waals surface area contributed by atoms with E-state index in [1.54, 1.807) is 12.1 Å². The molecule has 1 nitrogen and oxygen atoms in total. The molecule has 0 aromatic heterocycles. The van der Waals surface area contributed by atoms with Crippen LogP contribution >= 0.6 is 0 Å². The molecule has 1 aromatic rings. The van der Waals surface area contributed by atoms with Gasteiger partial charge in [0.25, 0.3) is 0 Å². The normalized spacial score (nSPS) is 13.7. The van der Waals surface area contributed by atoms with E-state index in [4.69, 9.17) is 0 Å². The summed E-state index contributed by atoms with van der Waals surface area (Å²) in [6, 6.07) is 8.23. The van der Waals surface area contributed by atoms with Gasteiger partial charge in [-0.25, -0.2) is 4.39 Å². The van der Waals surface area contributed by atoms with Crippen LogP contribution in [0.15, 0.2) is 24.3 Å². The second-order valence-corrected chi connectivity index (χ2v) is 11.5. The average molecular weight is 253 g/mol. The maximum atomic E-state index is 12.8. The van der Waals surface area contributed by atoms with Crippen LogP contribution in [0.25, 0.3) is 0 Å². The van der Waals surface area contributed by atoms with Crippen LogP contribution in [0.4, 0.5) is 4.39 Å². The smallest absolute Gasteiger partial charge is 0.123 e. The van der Waals surface area contributed by atoms with Gasteiger partial charge in [-0.05, 0) is 43.6 Å². The Balaban J connectivity index is 2.63. The van der Waals surface area contributed by atoms with Gasteiger partial charge in [-0.15, -0.1) is 0 Å². The molecule has 1 rings (SSSR count). The van der Waals surface area contributed by atoms with E-state index in [9.17, 15) is 4.39 Å². The first-order valence-corrected chi connectivity index (χ1v) is 10.0. The molecule has 0 saturated carbocycles. The first kappa shape index (κ1) is 14.4. The Labute approximate surface area is 105 Å². The van der Waals surface area contributed by atoms with Gasteiger partial charge in [-0.3, -0.25) is 0 Å². The minimum atomic E-state index is -1.04. The standard InChI is InChI=1S/C14H24FNSi/c1-16-10-13(11-17(2,3)4)9-12-5-7-14(15)8-6-12/h5-8,13,16H,9-11H2,1-4H3. The van der Waals surface area contributed by atoms with Crippen molar-refractivity contribution in [2.24, 2.45) is 5.92 Å². The molecule has 0 saturated heterocycles.